The summed E-state index contributed by atoms with van der Waals surface area (Å²) < 4.78 is 22.0. The standard InChI is InChI=1S/C7H14N2O3S/c1-5(8)7(10)9-6-2-3-13(11,12)4-6/h5-6H,2-4,8H2,1H3,(H,9,10)/t5-,6?/m0/s1. The van der Waals surface area contributed by atoms with Crippen molar-refractivity contribution in [2.24, 2.45) is 5.73 Å². The van der Waals surface area contributed by atoms with Gasteiger partial charge < -0.3 is 11.1 Å². The highest BCUT2D eigenvalue weighted by atomic mass is 32.2. The Hall–Kier alpha value is -0.620. The Morgan fingerprint density at radius 3 is 2.62 bits per heavy atom. The molecule has 0 aromatic heterocycles. The molecule has 1 heterocycles. The number of sulfone groups is 1. The zero-order chi connectivity index (χ0) is 10.1. The summed E-state index contributed by atoms with van der Waals surface area (Å²) in [4.78, 5) is 11.1. The van der Waals surface area contributed by atoms with Crippen LogP contribution < -0.4 is 11.1 Å². The lowest BCUT2D eigenvalue weighted by molar-refractivity contribution is -0.122. The van der Waals surface area contributed by atoms with E-state index in [0.29, 0.717) is 6.42 Å². The van der Waals surface area contributed by atoms with Gasteiger partial charge in [-0.15, -0.1) is 0 Å². The number of rotatable bonds is 2. The molecule has 0 aromatic carbocycles. The topological polar surface area (TPSA) is 89.3 Å². The molecule has 1 amide bonds. The van der Waals surface area contributed by atoms with E-state index >= 15 is 0 Å². The molecule has 5 nitrogen and oxygen atoms in total. The van der Waals surface area contributed by atoms with Crippen LogP contribution in [0.25, 0.3) is 0 Å². The Morgan fingerprint density at radius 1 is 1.62 bits per heavy atom. The van der Waals surface area contributed by atoms with E-state index in [1.54, 1.807) is 6.92 Å². The maximum absolute atomic E-state index is 11.1. The molecule has 0 aliphatic carbocycles. The first-order valence-corrected chi connectivity index (χ1v) is 5.99. The van der Waals surface area contributed by atoms with Gasteiger partial charge >= 0.3 is 0 Å². The Bertz CT molecular complexity index is 297. The molecule has 1 saturated heterocycles. The van der Waals surface area contributed by atoms with Gasteiger partial charge in [0.1, 0.15) is 0 Å². The number of amides is 1. The molecule has 1 aliphatic rings. The fraction of sp³-hybridized carbons (Fsp3) is 0.857. The summed E-state index contributed by atoms with van der Waals surface area (Å²) in [6, 6.07) is -0.827. The summed E-state index contributed by atoms with van der Waals surface area (Å²) in [6.07, 6.45) is 0.501. The molecule has 6 heteroatoms. The fourth-order valence-electron chi connectivity index (χ4n) is 1.24. The molecule has 1 rings (SSSR count). The smallest absolute Gasteiger partial charge is 0.236 e. The van der Waals surface area contributed by atoms with Gasteiger partial charge in [0.25, 0.3) is 0 Å². The number of hydrogen-bond donors (Lipinski definition) is 2. The van der Waals surface area contributed by atoms with E-state index in [0.717, 1.165) is 0 Å². The van der Waals surface area contributed by atoms with E-state index in [-0.39, 0.29) is 23.5 Å². The maximum Gasteiger partial charge on any atom is 0.236 e. The molecule has 76 valence electrons. The van der Waals surface area contributed by atoms with Gasteiger partial charge in [-0.2, -0.15) is 0 Å². The Balaban J connectivity index is 2.46. The molecular weight excluding hydrogens is 192 g/mol. The SMILES string of the molecule is C[C@H](N)C(=O)NC1CCS(=O)(=O)C1. The molecule has 13 heavy (non-hydrogen) atoms. The van der Waals surface area contributed by atoms with Gasteiger partial charge in [-0.1, -0.05) is 0 Å². The zero-order valence-electron chi connectivity index (χ0n) is 7.49. The molecule has 2 atom stereocenters. The second-order valence-electron chi connectivity index (χ2n) is 3.40. The Kier molecular flexibility index (Phi) is 2.92. The van der Waals surface area contributed by atoms with Crippen LogP contribution in [0.15, 0.2) is 0 Å². The largest absolute Gasteiger partial charge is 0.351 e. The first kappa shape index (κ1) is 10.5. The molecular formula is C7H14N2O3S. The molecule has 3 N–H and O–H groups in total. The summed E-state index contributed by atoms with van der Waals surface area (Å²) in [5.74, 6) is -0.0790. The minimum atomic E-state index is -2.92. The van der Waals surface area contributed by atoms with Crippen molar-refractivity contribution in [3.05, 3.63) is 0 Å². The lowest BCUT2D eigenvalue weighted by Gasteiger charge is -2.12. The van der Waals surface area contributed by atoms with E-state index < -0.39 is 15.9 Å². The summed E-state index contributed by atoms with van der Waals surface area (Å²) in [5, 5.41) is 2.59. The van der Waals surface area contributed by atoms with Crippen LogP contribution >= 0.6 is 0 Å². The molecule has 1 fully saturated rings. The molecule has 0 bridgehead atoms. The van der Waals surface area contributed by atoms with Crippen LogP contribution in [0, 0.1) is 0 Å². The molecule has 1 unspecified atom stereocenters. The van der Waals surface area contributed by atoms with Crippen molar-refractivity contribution in [1.82, 2.24) is 5.32 Å². The lowest BCUT2D eigenvalue weighted by atomic mass is 10.2. The third-order valence-corrected chi connectivity index (χ3v) is 3.76. The van der Waals surface area contributed by atoms with Crippen LogP contribution in [0.5, 0.6) is 0 Å². The van der Waals surface area contributed by atoms with Crippen molar-refractivity contribution >= 4 is 15.7 Å². The third-order valence-electron chi connectivity index (χ3n) is 1.99. The Morgan fingerprint density at radius 2 is 2.23 bits per heavy atom. The highest BCUT2D eigenvalue weighted by Gasteiger charge is 2.29. The van der Waals surface area contributed by atoms with E-state index in [4.69, 9.17) is 5.73 Å². The van der Waals surface area contributed by atoms with Crippen LogP contribution in [0.4, 0.5) is 0 Å². The fourth-order valence-corrected chi connectivity index (χ4v) is 2.91. The van der Waals surface area contributed by atoms with E-state index in [2.05, 4.69) is 5.32 Å². The monoisotopic (exact) mass is 206 g/mol. The van der Waals surface area contributed by atoms with Crippen molar-refractivity contribution in [2.45, 2.75) is 25.4 Å². The van der Waals surface area contributed by atoms with Gasteiger partial charge in [-0.25, -0.2) is 8.42 Å². The lowest BCUT2D eigenvalue weighted by Crippen LogP contribution is -2.44. The first-order valence-electron chi connectivity index (χ1n) is 4.17. The van der Waals surface area contributed by atoms with Gasteiger partial charge in [-0.05, 0) is 13.3 Å². The quantitative estimate of drug-likeness (QED) is 0.584. The van der Waals surface area contributed by atoms with Crippen LogP contribution in [0.3, 0.4) is 0 Å². The second-order valence-corrected chi connectivity index (χ2v) is 5.63. The summed E-state index contributed by atoms with van der Waals surface area (Å²) in [7, 11) is -2.92. The predicted octanol–water partition coefficient (Wildman–Crippen LogP) is -1.36. The Labute approximate surface area is 77.6 Å². The number of nitrogens with two attached hydrogens (primary N) is 1. The van der Waals surface area contributed by atoms with Crippen LogP contribution in [-0.4, -0.2) is 37.9 Å². The number of carbonyl (C=O) groups excluding carboxylic acids is 1. The van der Waals surface area contributed by atoms with E-state index in [1.807, 2.05) is 0 Å². The molecule has 0 spiro atoms. The average molecular weight is 206 g/mol. The third kappa shape index (κ3) is 2.96. The number of hydrogen-bond acceptors (Lipinski definition) is 4. The number of nitrogens with one attached hydrogen (secondary N) is 1. The maximum atomic E-state index is 11.1. The van der Waals surface area contributed by atoms with Crippen molar-refractivity contribution in [2.75, 3.05) is 11.5 Å². The first-order chi connectivity index (χ1) is 5.91. The van der Waals surface area contributed by atoms with Gasteiger partial charge in [0.2, 0.25) is 5.91 Å². The van der Waals surface area contributed by atoms with E-state index in [9.17, 15) is 13.2 Å². The van der Waals surface area contributed by atoms with Gasteiger partial charge in [0.05, 0.1) is 17.5 Å². The number of carbonyl (C=O) groups is 1. The zero-order valence-corrected chi connectivity index (χ0v) is 8.30. The normalized spacial score (nSPS) is 28.3. The van der Waals surface area contributed by atoms with Crippen molar-refractivity contribution in [3.63, 3.8) is 0 Å². The average Bonchev–Trinajstić information content (AvgIpc) is 2.30. The molecule has 0 radical (unpaired) electrons. The van der Waals surface area contributed by atoms with Gasteiger partial charge in [0.15, 0.2) is 9.84 Å². The van der Waals surface area contributed by atoms with E-state index in [1.165, 1.54) is 0 Å². The van der Waals surface area contributed by atoms with Gasteiger partial charge in [0, 0.05) is 6.04 Å². The van der Waals surface area contributed by atoms with Crippen LogP contribution in [0.2, 0.25) is 0 Å². The summed E-state index contributed by atoms with van der Waals surface area (Å²) >= 11 is 0. The highest BCUT2D eigenvalue weighted by Crippen LogP contribution is 2.10. The van der Waals surface area contributed by atoms with Crippen LogP contribution in [0.1, 0.15) is 13.3 Å². The van der Waals surface area contributed by atoms with Crippen molar-refractivity contribution < 1.29 is 13.2 Å². The molecule has 1 aliphatic heterocycles. The van der Waals surface area contributed by atoms with Crippen molar-refractivity contribution in [1.29, 1.82) is 0 Å². The highest BCUT2D eigenvalue weighted by molar-refractivity contribution is 7.91. The van der Waals surface area contributed by atoms with Crippen LogP contribution in [-0.2, 0) is 14.6 Å². The summed E-state index contributed by atoms with van der Waals surface area (Å²) in [5.41, 5.74) is 5.32. The summed E-state index contributed by atoms with van der Waals surface area (Å²) in [6.45, 7) is 1.57. The molecule has 0 aromatic rings. The minimum absolute atomic E-state index is 0.0471. The van der Waals surface area contributed by atoms with Crippen molar-refractivity contribution in [3.8, 4) is 0 Å². The predicted molar refractivity (Wildman–Crippen MR) is 48.9 cm³/mol. The van der Waals surface area contributed by atoms with Gasteiger partial charge in [-0.3, -0.25) is 4.79 Å². The second kappa shape index (κ2) is 3.63. The molecule has 0 saturated carbocycles. The minimum Gasteiger partial charge on any atom is -0.351 e.